The zero-order valence-corrected chi connectivity index (χ0v) is 15.4. The van der Waals surface area contributed by atoms with Crippen molar-refractivity contribution >= 4 is 0 Å². The smallest absolute Gasteiger partial charge is 0.192 e. The van der Waals surface area contributed by atoms with E-state index in [4.69, 9.17) is 0 Å². The van der Waals surface area contributed by atoms with Crippen molar-refractivity contribution in [1.82, 2.24) is 0 Å². The molecule has 1 fully saturated rings. The van der Waals surface area contributed by atoms with E-state index in [1.54, 1.807) is 5.56 Å². The fraction of sp³-hybridized carbons (Fsp3) is 0.522. The number of nitrogens with zero attached hydrogens (tertiary/aromatic N) is 1. The van der Waals surface area contributed by atoms with E-state index in [0.717, 1.165) is 0 Å². The van der Waals surface area contributed by atoms with E-state index < -0.39 is 0 Å². The summed E-state index contributed by atoms with van der Waals surface area (Å²) in [6.45, 7) is 7.06. The Labute approximate surface area is 146 Å². The van der Waals surface area contributed by atoms with E-state index in [0.29, 0.717) is 5.41 Å². The molecule has 24 heavy (non-hydrogen) atoms. The lowest BCUT2D eigenvalue weighted by Gasteiger charge is -2.57. The number of hydrogen-bond donors (Lipinski definition) is 0. The molecule has 0 amide bonds. The Morgan fingerprint density at radius 2 is 1.88 bits per heavy atom. The van der Waals surface area contributed by atoms with E-state index in [1.807, 2.05) is 0 Å². The molecular formula is C23H30N+. The van der Waals surface area contributed by atoms with Gasteiger partial charge in [-0.1, -0.05) is 39.3 Å². The summed E-state index contributed by atoms with van der Waals surface area (Å²) in [5, 5.41) is 0. The standard InChI is InChI=1S/C23H30N/c1-4-7-10-18-12-13-20-19(17-18)21-11-8-9-16-24(21)23(6-3)15-14-22(20,23)5-2/h8-9,11-13,16-17H,4-7,10,14-15H2,1-3H3/q+1. The molecule has 0 bridgehead atoms. The SMILES string of the molecule is CCCCc1ccc2c(c1)-c1cccc[n+]1C1(CC)CCC21CC. The van der Waals surface area contributed by atoms with Crippen LogP contribution in [0.1, 0.15) is 70.4 Å². The Balaban J connectivity index is 1.94. The summed E-state index contributed by atoms with van der Waals surface area (Å²) in [5.74, 6) is 0. The lowest BCUT2D eigenvalue weighted by atomic mass is 9.47. The van der Waals surface area contributed by atoms with Gasteiger partial charge in [-0.3, -0.25) is 0 Å². The molecule has 2 atom stereocenters. The second kappa shape index (κ2) is 5.72. The third kappa shape index (κ3) is 1.84. The molecule has 1 aromatic heterocycles. The van der Waals surface area contributed by atoms with Crippen LogP contribution in [0.25, 0.3) is 11.3 Å². The lowest BCUT2D eigenvalue weighted by molar-refractivity contribution is -0.783. The van der Waals surface area contributed by atoms with Crippen molar-refractivity contribution in [2.24, 2.45) is 0 Å². The van der Waals surface area contributed by atoms with Crippen molar-refractivity contribution < 1.29 is 4.57 Å². The minimum Gasteiger partial charge on any atom is -0.192 e. The van der Waals surface area contributed by atoms with Gasteiger partial charge in [-0.15, -0.1) is 0 Å². The van der Waals surface area contributed by atoms with Gasteiger partial charge < -0.3 is 0 Å². The molecule has 1 nitrogen and oxygen atoms in total. The minimum atomic E-state index is 0.288. The quantitative estimate of drug-likeness (QED) is 0.636. The normalized spacial score (nSPS) is 27.0. The van der Waals surface area contributed by atoms with E-state index in [2.05, 4.69) is 67.9 Å². The van der Waals surface area contributed by atoms with Gasteiger partial charge in [0.05, 0.1) is 11.0 Å². The van der Waals surface area contributed by atoms with Crippen molar-refractivity contribution in [3.05, 3.63) is 53.7 Å². The first kappa shape index (κ1) is 15.9. The molecule has 126 valence electrons. The number of unbranched alkanes of at least 4 members (excludes halogenated alkanes) is 1. The highest BCUT2D eigenvalue weighted by atomic mass is 15.1. The summed E-state index contributed by atoms with van der Waals surface area (Å²) in [4.78, 5) is 0. The lowest BCUT2D eigenvalue weighted by Crippen LogP contribution is -2.75. The molecule has 2 aliphatic rings. The van der Waals surface area contributed by atoms with Crippen LogP contribution in [-0.4, -0.2) is 0 Å². The van der Waals surface area contributed by atoms with Crippen LogP contribution < -0.4 is 4.57 Å². The average Bonchev–Trinajstić information content (AvgIpc) is 2.61. The largest absolute Gasteiger partial charge is 0.213 e. The molecule has 0 N–H and O–H groups in total. The van der Waals surface area contributed by atoms with Crippen LogP contribution >= 0.6 is 0 Å². The topological polar surface area (TPSA) is 3.88 Å². The highest BCUT2D eigenvalue weighted by molar-refractivity contribution is 5.67. The zero-order chi connectivity index (χ0) is 16.8. The molecular weight excluding hydrogens is 290 g/mol. The number of hydrogen-bond acceptors (Lipinski definition) is 0. The summed E-state index contributed by atoms with van der Waals surface area (Å²) in [7, 11) is 0. The first-order valence-electron chi connectivity index (χ1n) is 9.87. The maximum Gasteiger partial charge on any atom is 0.213 e. The monoisotopic (exact) mass is 320 g/mol. The molecule has 0 saturated heterocycles. The van der Waals surface area contributed by atoms with Gasteiger partial charge in [-0.25, -0.2) is 0 Å². The van der Waals surface area contributed by atoms with Gasteiger partial charge in [0.15, 0.2) is 11.7 Å². The Morgan fingerprint density at radius 3 is 2.54 bits per heavy atom. The molecule has 1 heteroatoms. The predicted octanol–water partition coefficient (Wildman–Crippen LogP) is 5.54. The van der Waals surface area contributed by atoms with Crippen LogP contribution in [-0.2, 0) is 17.4 Å². The second-order valence-electron chi connectivity index (χ2n) is 7.76. The van der Waals surface area contributed by atoms with Crippen LogP contribution in [0.2, 0.25) is 0 Å². The van der Waals surface area contributed by atoms with Gasteiger partial charge in [0.2, 0.25) is 5.69 Å². The summed E-state index contributed by atoms with van der Waals surface area (Å²) < 4.78 is 2.63. The predicted molar refractivity (Wildman–Crippen MR) is 100 cm³/mol. The maximum absolute atomic E-state index is 2.63. The minimum absolute atomic E-state index is 0.288. The van der Waals surface area contributed by atoms with Gasteiger partial charge in [-0.05, 0) is 48.9 Å². The highest BCUT2D eigenvalue weighted by Crippen LogP contribution is 2.61. The molecule has 2 heterocycles. The number of fused-ring (bicyclic) bond motifs is 6. The Bertz CT molecular complexity index is 754. The van der Waals surface area contributed by atoms with Gasteiger partial charge in [-0.2, -0.15) is 4.57 Å². The number of pyridine rings is 1. The fourth-order valence-corrected chi connectivity index (χ4v) is 5.63. The van der Waals surface area contributed by atoms with E-state index in [1.165, 1.54) is 61.8 Å². The Morgan fingerprint density at radius 1 is 1.00 bits per heavy atom. The molecule has 4 rings (SSSR count). The molecule has 1 saturated carbocycles. The third-order valence-electron chi connectivity index (χ3n) is 7.06. The number of rotatable bonds is 5. The molecule has 1 aliphatic carbocycles. The van der Waals surface area contributed by atoms with Gasteiger partial charge >= 0.3 is 0 Å². The maximum atomic E-state index is 2.63. The van der Waals surface area contributed by atoms with Gasteiger partial charge in [0, 0.05) is 25.0 Å². The molecule has 1 aliphatic heterocycles. The van der Waals surface area contributed by atoms with Crippen molar-refractivity contribution in [3.63, 3.8) is 0 Å². The van der Waals surface area contributed by atoms with E-state index in [-0.39, 0.29) is 5.54 Å². The van der Waals surface area contributed by atoms with Crippen LogP contribution in [0, 0.1) is 0 Å². The van der Waals surface area contributed by atoms with Gasteiger partial charge in [0.25, 0.3) is 0 Å². The van der Waals surface area contributed by atoms with E-state index in [9.17, 15) is 0 Å². The van der Waals surface area contributed by atoms with Crippen molar-refractivity contribution in [2.75, 3.05) is 0 Å². The first-order chi connectivity index (χ1) is 11.7. The number of aromatic nitrogens is 1. The van der Waals surface area contributed by atoms with Gasteiger partial charge in [0.1, 0.15) is 0 Å². The van der Waals surface area contributed by atoms with Crippen molar-refractivity contribution in [3.8, 4) is 11.3 Å². The zero-order valence-electron chi connectivity index (χ0n) is 15.4. The molecule has 0 radical (unpaired) electrons. The highest BCUT2D eigenvalue weighted by Gasteiger charge is 2.67. The first-order valence-corrected chi connectivity index (χ1v) is 9.87. The third-order valence-corrected chi connectivity index (χ3v) is 7.06. The Hall–Kier alpha value is -1.63. The second-order valence-corrected chi connectivity index (χ2v) is 7.76. The summed E-state index contributed by atoms with van der Waals surface area (Å²) in [5.41, 5.74) is 6.66. The number of aryl methyl sites for hydroxylation is 1. The molecule has 2 unspecified atom stereocenters. The number of benzene rings is 1. The van der Waals surface area contributed by atoms with Crippen LogP contribution in [0.15, 0.2) is 42.6 Å². The fourth-order valence-electron chi connectivity index (χ4n) is 5.63. The summed E-state index contributed by atoms with van der Waals surface area (Å²) in [6.07, 6.45) is 11.2. The average molecular weight is 321 g/mol. The van der Waals surface area contributed by atoms with E-state index >= 15 is 0 Å². The van der Waals surface area contributed by atoms with Crippen molar-refractivity contribution in [2.45, 2.75) is 76.7 Å². The summed E-state index contributed by atoms with van der Waals surface area (Å²) in [6, 6.07) is 14.1. The van der Waals surface area contributed by atoms with Crippen LogP contribution in [0.4, 0.5) is 0 Å². The molecule has 2 aromatic rings. The molecule has 0 spiro atoms. The van der Waals surface area contributed by atoms with Crippen LogP contribution in [0.3, 0.4) is 0 Å². The Kier molecular flexibility index (Phi) is 3.78. The van der Waals surface area contributed by atoms with Crippen LogP contribution in [0.5, 0.6) is 0 Å². The summed E-state index contributed by atoms with van der Waals surface area (Å²) >= 11 is 0. The molecule has 1 aromatic carbocycles. The van der Waals surface area contributed by atoms with Crippen molar-refractivity contribution in [1.29, 1.82) is 0 Å².